The molecule has 0 aliphatic heterocycles. The summed E-state index contributed by atoms with van der Waals surface area (Å²) in [5, 5.41) is 0.751. The first-order valence-electron chi connectivity index (χ1n) is 5.21. The summed E-state index contributed by atoms with van der Waals surface area (Å²) in [7, 11) is 0. The van der Waals surface area contributed by atoms with E-state index >= 15 is 0 Å². The number of fused-ring (bicyclic) bond motifs is 1. The summed E-state index contributed by atoms with van der Waals surface area (Å²) >= 11 is 0. The van der Waals surface area contributed by atoms with Crippen LogP contribution in [0.4, 0.5) is 5.82 Å². The molecule has 0 bridgehead atoms. The van der Waals surface area contributed by atoms with Crippen LogP contribution in [0, 0.1) is 0 Å². The third-order valence-electron chi connectivity index (χ3n) is 2.24. The molecule has 0 unspecified atom stereocenters. The molecule has 0 fully saturated rings. The highest BCUT2D eigenvalue weighted by atomic mass is 16.5. The van der Waals surface area contributed by atoms with Crippen molar-refractivity contribution in [3.8, 4) is 0 Å². The topological polar surface area (TPSA) is 91.0 Å². The van der Waals surface area contributed by atoms with Crippen molar-refractivity contribution >= 4 is 22.8 Å². The van der Waals surface area contributed by atoms with Crippen molar-refractivity contribution in [2.45, 2.75) is 13.3 Å². The van der Waals surface area contributed by atoms with Crippen molar-refractivity contribution in [3.63, 3.8) is 0 Å². The third-order valence-corrected chi connectivity index (χ3v) is 2.24. The molecule has 2 rings (SSSR count). The van der Waals surface area contributed by atoms with Crippen LogP contribution in [0.25, 0.3) is 11.0 Å². The average Bonchev–Trinajstić information content (AvgIpc) is 2.30. The molecule has 2 N–H and O–H groups in total. The van der Waals surface area contributed by atoms with Gasteiger partial charge in [-0.2, -0.15) is 0 Å². The Balaban J connectivity index is 2.34. The summed E-state index contributed by atoms with van der Waals surface area (Å²) in [5.74, 6) is -0.0264. The standard InChI is InChI=1S/C11H12N4O2/c1-2-17-9(16)4-7-3-8-5-13-6-14-11(8)15-10(7)12/h3,5-6H,2,4H2,1H3,(H2,12,13,14,15). The van der Waals surface area contributed by atoms with Gasteiger partial charge in [-0.05, 0) is 13.0 Å². The molecule has 0 aliphatic rings. The number of carbonyl (C=O) groups excluding carboxylic acids is 1. The zero-order chi connectivity index (χ0) is 12.3. The van der Waals surface area contributed by atoms with E-state index in [1.807, 2.05) is 0 Å². The maximum atomic E-state index is 11.4. The van der Waals surface area contributed by atoms with Crippen molar-refractivity contribution < 1.29 is 9.53 Å². The first kappa shape index (κ1) is 11.3. The van der Waals surface area contributed by atoms with Gasteiger partial charge in [-0.3, -0.25) is 4.79 Å². The molecule has 0 aromatic carbocycles. The van der Waals surface area contributed by atoms with Crippen LogP contribution in [0.3, 0.4) is 0 Å². The minimum atomic E-state index is -0.322. The summed E-state index contributed by atoms with van der Waals surface area (Å²) in [6.45, 7) is 2.11. The summed E-state index contributed by atoms with van der Waals surface area (Å²) in [6, 6.07) is 1.76. The van der Waals surface area contributed by atoms with E-state index in [0.29, 0.717) is 23.6 Å². The number of pyridine rings is 1. The number of hydrogen-bond acceptors (Lipinski definition) is 6. The fourth-order valence-electron chi connectivity index (χ4n) is 1.49. The molecule has 2 heterocycles. The molecule has 6 heteroatoms. The van der Waals surface area contributed by atoms with Gasteiger partial charge in [-0.1, -0.05) is 0 Å². The number of rotatable bonds is 3. The Morgan fingerprint density at radius 1 is 1.53 bits per heavy atom. The van der Waals surface area contributed by atoms with Gasteiger partial charge >= 0.3 is 5.97 Å². The largest absolute Gasteiger partial charge is 0.466 e. The molecule has 0 radical (unpaired) electrons. The molecule has 0 aliphatic carbocycles. The molecular weight excluding hydrogens is 220 g/mol. The maximum Gasteiger partial charge on any atom is 0.310 e. The number of nitrogen functional groups attached to an aromatic ring is 1. The number of anilines is 1. The lowest BCUT2D eigenvalue weighted by atomic mass is 10.1. The molecule has 0 saturated carbocycles. The normalized spacial score (nSPS) is 10.4. The van der Waals surface area contributed by atoms with Crippen molar-refractivity contribution in [3.05, 3.63) is 24.2 Å². The van der Waals surface area contributed by atoms with Crippen LogP contribution in [0.15, 0.2) is 18.6 Å². The second-order valence-corrected chi connectivity index (χ2v) is 3.45. The SMILES string of the molecule is CCOC(=O)Cc1cc2cncnc2nc1N. The van der Waals surface area contributed by atoms with E-state index in [2.05, 4.69) is 15.0 Å². The second kappa shape index (κ2) is 4.73. The molecule has 2 aromatic rings. The van der Waals surface area contributed by atoms with Gasteiger partial charge in [0.2, 0.25) is 0 Å². The number of esters is 1. The van der Waals surface area contributed by atoms with E-state index in [4.69, 9.17) is 10.5 Å². The predicted molar refractivity (Wildman–Crippen MR) is 62.1 cm³/mol. The van der Waals surface area contributed by atoms with Gasteiger partial charge in [0.25, 0.3) is 0 Å². The van der Waals surface area contributed by atoms with E-state index < -0.39 is 0 Å². The minimum Gasteiger partial charge on any atom is -0.466 e. The highest BCUT2D eigenvalue weighted by Gasteiger charge is 2.10. The lowest BCUT2D eigenvalue weighted by Gasteiger charge is -2.05. The molecule has 88 valence electrons. The van der Waals surface area contributed by atoms with Crippen molar-refractivity contribution in [2.75, 3.05) is 12.3 Å². The van der Waals surface area contributed by atoms with Crippen molar-refractivity contribution in [1.82, 2.24) is 15.0 Å². The molecule has 6 nitrogen and oxygen atoms in total. The van der Waals surface area contributed by atoms with Crippen LogP contribution in [-0.2, 0) is 16.0 Å². The van der Waals surface area contributed by atoms with Gasteiger partial charge in [0.05, 0.1) is 13.0 Å². The Morgan fingerprint density at radius 2 is 2.35 bits per heavy atom. The smallest absolute Gasteiger partial charge is 0.310 e. The Labute approximate surface area is 97.8 Å². The van der Waals surface area contributed by atoms with E-state index in [-0.39, 0.29) is 12.4 Å². The monoisotopic (exact) mass is 232 g/mol. The number of carbonyl (C=O) groups is 1. The van der Waals surface area contributed by atoms with Gasteiger partial charge in [0, 0.05) is 17.1 Å². The zero-order valence-corrected chi connectivity index (χ0v) is 9.38. The lowest BCUT2D eigenvalue weighted by molar-refractivity contribution is -0.142. The first-order chi connectivity index (χ1) is 8.20. The van der Waals surface area contributed by atoms with Crippen molar-refractivity contribution in [2.24, 2.45) is 0 Å². The van der Waals surface area contributed by atoms with Gasteiger partial charge in [0.15, 0.2) is 5.65 Å². The van der Waals surface area contributed by atoms with Crippen molar-refractivity contribution in [1.29, 1.82) is 0 Å². The molecule has 0 amide bonds. The number of hydrogen-bond donors (Lipinski definition) is 1. The van der Waals surface area contributed by atoms with E-state index in [1.165, 1.54) is 6.33 Å². The van der Waals surface area contributed by atoms with Crippen LogP contribution < -0.4 is 5.73 Å². The average molecular weight is 232 g/mol. The van der Waals surface area contributed by atoms with E-state index in [0.717, 1.165) is 5.39 Å². The highest BCUT2D eigenvalue weighted by Crippen LogP contribution is 2.16. The van der Waals surface area contributed by atoms with Crippen LogP contribution >= 0.6 is 0 Å². The second-order valence-electron chi connectivity index (χ2n) is 3.45. The molecule has 0 spiro atoms. The maximum absolute atomic E-state index is 11.4. The number of nitrogens with two attached hydrogens (primary N) is 1. The minimum absolute atomic E-state index is 0.109. The fraction of sp³-hybridized carbons (Fsp3) is 0.273. The lowest BCUT2D eigenvalue weighted by Crippen LogP contribution is -2.10. The van der Waals surface area contributed by atoms with Gasteiger partial charge < -0.3 is 10.5 Å². The number of aromatic nitrogens is 3. The van der Waals surface area contributed by atoms with Gasteiger partial charge in [0.1, 0.15) is 12.1 Å². The van der Waals surface area contributed by atoms with E-state index in [9.17, 15) is 4.79 Å². The van der Waals surface area contributed by atoms with Crippen LogP contribution in [0.1, 0.15) is 12.5 Å². The first-order valence-corrected chi connectivity index (χ1v) is 5.21. The molecular formula is C11H12N4O2. The molecule has 0 saturated heterocycles. The molecule has 17 heavy (non-hydrogen) atoms. The van der Waals surface area contributed by atoms with Gasteiger partial charge in [-0.15, -0.1) is 0 Å². The fourth-order valence-corrected chi connectivity index (χ4v) is 1.49. The quantitative estimate of drug-likeness (QED) is 0.784. The Kier molecular flexibility index (Phi) is 3.13. The predicted octanol–water partition coefficient (Wildman–Crippen LogP) is 0.713. The van der Waals surface area contributed by atoms with E-state index in [1.54, 1.807) is 19.2 Å². The number of nitrogens with zero attached hydrogens (tertiary/aromatic N) is 3. The molecule has 0 atom stereocenters. The Morgan fingerprint density at radius 3 is 3.12 bits per heavy atom. The van der Waals surface area contributed by atoms with Crippen LogP contribution in [0.2, 0.25) is 0 Å². The summed E-state index contributed by atoms with van der Waals surface area (Å²) in [5.41, 5.74) is 6.90. The van der Waals surface area contributed by atoms with Gasteiger partial charge in [-0.25, -0.2) is 15.0 Å². The number of ether oxygens (including phenoxy) is 1. The highest BCUT2D eigenvalue weighted by molar-refractivity contribution is 5.80. The Bertz CT molecular complexity index is 556. The molecule has 2 aromatic heterocycles. The third kappa shape index (κ3) is 2.47. The Hall–Kier alpha value is -2.24. The van der Waals surface area contributed by atoms with Crippen LogP contribution in [0.5, 0.6) is 0 Å². The zero-order valence-electron chi connectivity index (χ0n) is 9.38. The summed E-state index contributed by atoms with van der Waals surface area (Å²) < 4.78 is 4.86. The van der Waals surface area contributed by atoms with Crippen LogP contribution in [-0.4, -0.2) is 27.5 Å². The summed E-state index contributed by atoms with van der Waals surface area (Å²) in [4.78, 5) is 23.3. The summed E-state index contributed by atoms with van der Waals surface area (Å²) in [6.07, 6.45) is 3.14.